The van der Waals surface area contributed by atoms with E-state index in [0.29, 0.717) is 0 Å². The van der Waals surface area contributed by atoms with Gasteiger partial charge < -0.3 is 25.0 Å². The third kappa shape index (κ3) is 16.9. The predicted octanol–water partition coefficient (Wildman–Crippen LogP) is 0.230. The number of hydrogen-bond donors (Lipinski definition) is 3. The first-order chi connectivity index (χ1) is 9.88. The van der Waals surface area contributed by atoms with Gasteiger partial charge >= 0.3 is 11.9 Å². The van der Waals surface area contributed by atoms with Gasteiger partial charge in [0.05, 0.1) is 12.7 Å². The molecule has 1 saturated heterocycles. The summed E-state index contributed by atoms with van der Waals surface area (Å²) in [7, 11) is 0. The summed E-state index contributed by atoms with van der Waals surface area (Å²) in [6, 6.07) is -0.265. The molecule has 0 spiro atoms. The molecule has 3 N–H and O–H groups in total. The number of hydrogen-bond acceptors (Lipinski definition) is 7. The molecule has 1 heterocycles. The number of carbonyl (C=O) groups excluding carboxylic acids is 2. The van der Waals surface area contributed by atoms with Gasteiger partial charge in [0, 0.05) is 20.1 Å². The molecule has 2 unspecified atom stereocenters. The van der Waals surface area contributed by atoms with Crippen molar-refractivity contribution in [1.29, 1.82) is 0 Å². The third-order valence-corrected chi connectivity index (χ3v) is 2.26. The van der Waals surface area contributed by atoms with Gasteiger partial charge in [-0.2, -0.15) is 0 Å². The smallest absolute Gasteiger partial charge is 0.330 e. The molecule has 1 aliphatic heterocycles. The Morgan fingerprint density at radius 3 is 2.10 bits per heavy atom. The molecule has 0 radical (unpaired) electrons. The Morgan fingerprint density at radius 1 is 1.33 bits per heavy atom. The second-order valence-electron chi connectivity index (χ2n) is 4.37. The Labute approximate surface area is 126 Å². The van der Waals surface area contributed by atoms with Crippen molar-refractivity contribution in [3.8, 4) is 0 Å². The lowest BCUT2D eigenvalue weighted by Gasteiger charge is -2.06. The van der Waals surface area contributed by atoms with Gasteiger partial charge in [-0.3, -0.25) is 4.79 Å². The molecule has 0 saturated carbocycles. The van der Waals surface area contributed by atoms with Gasteiger partial charge in [0.1, 0.15) is 6.04 Å². The summed E-state index contributed by atoms with van der Waals surface area (Å²) in [6.07, 6.45) is 1.18. The summed E-state index contributed by atoms with van der Waals surface area (Å²) in [5.74, 6) is -0.987. The SMILES string of the molecule is CC(=O)OC(=O)C1CCCN1.CC(O)CO.CCOCC. The molecule has 0 aliphatic carbocycles. The van der Waals surface area contributed by atoms with Gasteiger partial charge in [-0.05, 0) is 40.2 Å². The van der Waals surface area contributed by atoms with Gasteiger partial charge in [-0.15, -0.1) is 0 Å². The standard InChI is InChI=1S/C7H11NO3.C4H10O.C3H8O2/c1-5(9)11-7(10)6-3-2-4-8-6;1-3-5-4-2;1-3(5)2-4/h6,8H,2-4H2,1H3;3-4H2,1-2H3;3-5H,2H2,1H3. The second kappa shape index (κ2) is 15.4. The first-order valence-electron chi connectivity index (χ1n) is 7.21. The van der Waals surface area contributed by atoms with Crippen LogP contribution in [-0.4, -0.2) is 60.7 Å². The molecule has 1 rings (SSSR count). The van der Waals surface area contributed by atoms with Crippen molar-refractivity contribution >= 4 is 11.9 Å². The van der Waals surface area contributed by atoms with Crippen molar-refractivity contribution in [1.82, 2.24) is 5.32 Å². The van der Waals surface area contributed by atoms with Crippen LogP contribution in [0.2, 0.25) is 0 Å². The van der Waals surface area contributed by atoms with Gasteiger partial charge in [-0.1, -0.05) is 0 Å². The average Bonchev–Trinajstić information content (AvgIpc) is 2.94. The number of esters is 2. The van der Waals surface area contributed by atoms with Crippen molar-refractivity contribution in [2.75, 3.05) is 26.4 Å². The summed E-state index contributed by atoms with van der Waals surface area (Å²) < 4.78 is 9.23. The van der Waals surface area contributed by atoms with E-state index in [-0.39, 0.29) is 12.6 Å². The quantitative estimate of drug-likeness (QED) is 0.504. The van der Waals surface area contributed by atoms with Crippen molar-refractivity contribution in [3.63, 3.8) is 0 Å². The van der Waals surface area contributed by atoms with Crippen LogP contribution in [0, 0.1) is 0 Å². The van der Waals surface area contributed by atoms with E-state index in [0.717, 1.165) is 32.6 Å². The van der Waals surface area contributed by atoms with Crippen LogP contribution in [0.15, 0.2) is 0 Å². The van der Waals surface area contributed by atoms with Crippen molar-refractivity contribution < 1.29 is 29.3 Å². The Morgan fingerprint density at radius 2 is 1.86 bits per heavy atom. The zero-order valence-electron chi connectivity index (χ0n) is 13.4. The average molecular weight is 307 g/mol. The maximum Gasteiger partial charge on any atom is 0.330 e. The van der Waals surface area contributed by atoms with Crippen LogP contribution in [-0.2, 0) is 19.1 Å². The number of rotatable bonds is 4. The summed E-state index contributed by atoms with van der Waals surface area (Å²) in [5, 5.41) is 18.9. The summed E-state index contributed by atoms with van der Waals surface area (Å²) >= 11 is 0. The molecule has 126 valence electrons. The highest BCUT2D eigenvalue weighted by Gasteiger charge is 2.24. The van der Waals surface area contributed by atoms with Crippen molar-refractivity contribution in [2.45, 2.75) is 52.7 Å². The summed E-state index contributed by atoms with van der Waals surface area (Å²) in [5.41, 5.74) is 0. The number of aliphatic hydroxyl groups excluding tert-OH is 2. The first-order valence-corrected chi connectivity index (χ1v) is 7.21. The monoisotopic (exact) mass is 307 g/mol. The zero-order valence-corrected chi connectivity index (χ0v) is 13.4. The van der Waals surface area contributed by atoms with E-state index in [1.807, 2.05) is 13.8 Å². The molecule has 7 nitrogen and oxygen atoms in total. The molecule has 7 heteroatoms. The van der Waals surface area contributed by atoms with E-state index in [1.165, 1.54) is 13.8 Å². The number of ether oxygens (including phenoxy) is 2. The van der Waals surface area contributed by atoms with Gasteiger partial charge in [0.25, 0.3) is 0 Å². The Balaban J connectivity index is 0. The minimum atomic E-state index is -0.560. The Bertz CT molecular complexity index is 262. The highest BCUT2D eigenvalue weighted by atomic mass is 16.6. The van der Waals surface area contributed by atoms with Crippen molar-refractivity contribution in [2.24, 2.45) is 0 Å². The van der Waals surface area contributed by atoms with Crippen LogP contribution in [0.5, 0.6) is 0 Å². The number of aliphatic hydroxyl groups is 2. The Kier molecular flexibility index (Phi) is 16.3. The van der Waals surface area contributed by atoms with E-state index in [2.05, 4.69) is 10.1 Å². The molecule has 0 aromatic carbocycles. The van der Waals surface area contributed by atoms with Crippen LogP contribution in [0.3, 0.4) is 0 Å². The fourth-order valence-corrected chi connectivity index (χ4v) is 1.30. The van der Waals surface area contributed by atoms with E-state index < -0.39 is 18.0 Å². The van der Waals surface area contributed by atoms with E-state index in [9.17, 15) is 9.59 Å². The van der Waals surface area contributed by atoms with Crippen LogP contribution in [0.1, 0.15) is 40.5 Å². The Hall–Kier alpha value is -1.02. The van der Waals surface area contributed by atoms with Crippen LogP contribution >= 0.6 is 0 Å². The molecular formula is C14H29NO6. The van der Waals surface area contributed by atoms with Crippen molar-refractivity contribution in [3.05, 3.63) is 0 Å². The maximum absolute atomic E-state index is 11.0. The van der Waals surface area contributed by atoms with Crippen LogP contribution < -0.4 is 5.32 Å². The highest BCUT2D eigenvalue weighted by molar-refractivity contribution is 5.87. The molecule has 1 fully saturated rings. The van der Waals surface area contributed by atoms with Crippen LogP contribution in [0.25, 0.3) is 0 Å². The molecule has 2 atom stereocenters. The molecule has 0 bridgehead atoms. The van der Waals surface area contributed by atoms with E-state index in [1.54, 1.807) is 0 Å². The minimum absolute atomic E-state index is 0.139. The molecule has 1 aliphatic rings. The van der Waals surface area contributed by atoms with E-state index in [4.69, 9.17) is 14.9 Å². The summed E-state index contributed by atoms with van der Waals surface area (Å²) in [6.45, 7) is 9.12. The summed E-state index contributed by atoms with van der Waals surface area (Å²) in [4.78, 5) is 21.3. The first kappa shape index (κ1) is 22.3. The van der Waals surface area contributed by atoms with E-state index >= 15 is 0 Å². The van der Waals surface area contributed by atoms with Crippen LogP contribution in [0.4, 0.5) is 0 Å². The molecule has 0 aromatic rings. The van der Waals surface area contributed by atoms with Gasteiger partial charge in [0.2, 0.25) is 0 Å². The number of nitrogens with one attached hydrogen (secondary N) is 1. The fourth-order valence-electron chi connectivity index (χ4n) is 1.30. The normalized spacial score (nSPS) is 17.7. The molecule has 0 aromatic heterocycles. The molecule has 21 heavy (non-hydrogen) atoms. The lowest BCUT2D eigenvalue weighted by atomic mass is 10.2. The van der Waals surface area contributed by atoms with Gasteiger partial charge in [0.15, 0.2) is 0 Å². The highest BCUT2D eigenvalue weighted by Crippen LogP contribution is 2.06. The fraction of sp³-hybridized carbons (Fsp3) is 0.857. The number of carbonyl (C=O) groups is 2. The van der Waals surface area contributed by atoms with Gasteiger partial charge in [-0.25, -0.2) is 4.79 Å². The predicted molar refractivity (Wildman–Crippen MR) is 78.7 cm³/mol. The lowest BCUT2D eigenvalue weighted by molar-refractivity contribution is -0.159. The topological polar surface area (TPSA) is 105 Å². The molecular weight excluding hydrogens is 278 g/mol. The second-order valence-corrected chi connectivity index (χ2v) is 4.37. The zero-order chi connectivity index (χ0) is 16.7. The lowest BCUT2D eigenvalue weighted by Crippen LogP contribution is -2.33. The third-order valence-electron chi connectivity index (χ3n) is 2.26. The molecule has 0 amide bonds. The minimum Gasteiger partial charge on any atom is -0.394 e. The maximum atomic E-state index is 11.0. The largest absolute Gasteiger partial charge is 0.394 e.